The van der Waals surface area contributed by atoms with Crippen molar-refractivity contribution in [1.82, 2.24) is 19.9 Å². The predicted octanol–water partition coefficient (Wildman–Crippen LogP) is 17.3. The van der Waals surface area contributed by atoms with Gasteiger partial charge in [0.05, 0.1) is 31.9 Å². The van der Waals surface area contributed by atoms with Crippen molar-refractivity contribution in [2.45, 2.75) is 364 Å². The van der Waals surface area contributed by atoms with Crippen molar-refractivity contribution in [3.05, 3.63) is 35.9 Å². The van der Waals surface area contributed by atoms with Crippen LogP contribution in [0.3, 0.4) is 0 Å². The number of carbonyl (C=O) groups excluding carboxylic acids is 3. The Morgan fingerprint density at radius 3 is 1.09 bits per heavy atom. The molecule has 1 aromatic carbocycles. The third-order valence-corrected chi connectivity index (χ3v) is 19.9. The van der Waals surface area contributed by atoms with Gasteiger partial charge in [-0.3, -0.25) is 19.3 Å². The number of piperidine rings is 2. The third-order valence-electron chi connectivity index (χ3n) is 19.9. The normalized spacial score (nSPS) is 25.1. The van der Waals surface area contributed by atoms with Crippen molar-refractivity contribution >= 4 is 17.8 Å². The van der Waals surface area contributed by atoms with Crippen molar-refractivity contribution in [2.75, 3.05) is 26.3 Å². The van der Waals surface area contributed by atoms with Gasteiger partial charge in [-0.1, -0.05) is 186 Å². The van der Waals surface area contributed by atoms with E-state index in [4.69, 9.17) is 23.9 Å². The van der Waals surface area contributed by atoms with Gasteiger partial charge in [-0.2, -0.15) is 10.1 Å². The van der Waals surface area contributed by atoms with Gasteiger partial charge in [0.25, 0.3) is 11.8 Å². The van der Waals surface area contributed by atoms with Crippen LogP contribution < -0.4 is 0 Å². The molecule has 0 unspecified atom stereocenters. The van der Waals surface area contributed by atoms with E-state index in [0.717, 1.165) is 103 Å². The Morgan fingerprint density at radius 1 is 0.451 bits per heavy atom. The number of amides is 2. The number of hydrogen-bond acceptors (Lipinski definition) is 10. The van der Waals surface area contributed by atoms with Crippen molar-refractivity contribution in [1.29, 1.82) is 0 Å². The summed E-state index contributed by atoms with van der Waals surface area (Å²) < 4.78 is 22.6. The SMILES string of the molecule is CCCCCCCCON1C(C)(C)CC2(CC1(C)C)OC1(CCCCCCCCCCC1)N(CC(CN1C(=O)C3(CC(C)(C)N(OCCCCCCCC)C(C)(C)C3)OC13CCCCCCCCCCC3)OC(=O)c1ccccc1)C2=O. The lowest BCUT2D eigenvalue weighted by molar-refractivity contribution is -0.310. The predicted molar refractivity (Wildman–Crippen MR) is 331 cm³/mol. The molecular weight excluding hydrogens is 1020 g/mol. The average Bonchev–Trinajstić information content (AvgIpc) is 1.90. The molecule has 12 heteroatoms. The van der Waals surface area contributed by atoms with Gasteiger partial charge in [-0.15, -0.1) is 0 Å². The lowest BCUT2D eigenvalue weighted by Crippen LogP contribution is -2.67. The molecule has 4 spiro atoms. The maximum absolute atomic E-state index is 16.5. The number of nitrogens with zero attached hydrogens (tertiary/aromatic N) is 4. The van der Waals surface area contributed by atoms with E-state index in [1.807, 2.05) is 18.2 Å². The molecule has 2 saturated carbocycles. The average molecular weight is 1150 g/mol. The maximum atomic E-state index is 16.5. The Labute approximate surface area is 500 Å². The molecule has 0 aromatic heterocycles. The number of esters is 1. The van der Waals surface area contributed by atoms with Crippen LogP contribution in [0.5, 0.6) is 0 Å². The van der Waals surface area contributed by atoms with Gasteiger partial charge >= 0.3 is 5.97 Å². The number of unbranched alkanes of at least 4 members (excludes halogenated alkanes) is 10. The highest BCUT2D eigenvalue weighted by Gasteiger charge is 2.69. The van der Waals surface area contributed by atoms with Gasteiger partial charge in [0, 0.05) is 47.8 Å². The summed E-state index contributed by atoms with van der Waals surface area (Å²) in [5.74, 6) is -0.489. The zero-order valence-electron chi connectivity index (χ0n) is 54.2. The zero-order chi connectivity index (χ0) is 59.0. The van der Waals surface area contributed by atoms with E-state index in [2.05, 4.69) is 89.2 Å². The van der Waals surface area contributed by atoms with Crippen molar-refractivity contribution in [3.63, 3.8) is 0 Å². The highest BCUT2D eigenvalue weighted by Crippen LogP contribution is 2.56. The molecule has 6 aliphatic rings. The van der Waals surface area contributed by atoms with Gasteiger partial charge in [-0.05, 0) is 132 Å². The molecule has 4 aliphatic heterocycles. The van der Waals surface area contributed by atoms with E-state index in [-0.39, 0.29) is 24.9 Å². The van der Waals surface area contributed by atoms with Gasteiger partial charge in [-0.25, -0.2) is 4.79 Å². The highest BCUT2D eigenvalue weighted by atomic mass is 16.7. The molecule has 7 rings (SSSR count). The highest BCUT2D eigenvalue weighted by molar-refractivity contribution is 5.91. The molecule has 0 radical (unpaired) electrons. The minimum atomic E-state index is -1.13. The summed E-state index contributed by atoms with van der Waals surface area (Å²) in [6.45, 7) is 23.8. The number of hydroxylamine groups is 4. The molecule has 82 heavy (non-hydrogen) atoms. The number of hydrogen-bond donors (Lipinski definition) is 0. The molecule has 12 nitrogen and oxygen atoms in total. The quantitative estimate of drug-likeness (QED) is 0.0822. The molecule has 1 aromatic rings. The molecule has 0 bridgehead atoms. The fourth-order valence-electron chi connectivity index (χ4n) is 16.8. The van der Waals surface area contributed by atoms with Crippen molar-refractivity contribution in [3.8, 4) is 0 Å². The smallest absolute Gasteiger partial charge is 0.338 e. The number of rotatable bonds is 22. The van der Waals surface area contributed by atoms with Crippen LogP contribution in [0.4, 0.5) is 0 Å². The Kier molecular flexibility index (Phi) is 24.8. The first kappa shape index (κ1) is 66.9. The van der Waals surface area contributed by atoms with Crippen LogP contribution in [0.15, 0.2) is 30.3 Å². The third kappa shape index (κ3) is 16.9. The summed E-state index contributed by atoms with van der Waals surface area (Å²) in [6, 6.07) is 9.26. The van der Waals surface area contributed by atoms with E-state index >= 15 is 9.59 Å². The summed E-state index contributed by atoms with van der Waals surface area (Å²) in [5.41, 5.74) is -5.81. The number of carbonyl (C=O) groups is 3. The summed E-state index contributed by atoms with van der Waals surface area (Å²) in [4.78, 5) is 65.5. The van der Waals surface area contributed by atoms with Crippen LogP contribution in [0.25, 0.3) is 0 Å². The monoisotopic (exact) mass is 1140 g/mol. The second-order valence-corrected chi connectivity index (χ2v) is 29.4. The van der Waals surface area contributed by atoms with E-state index in [9.17, 15) is 4.79 Å². The molecular formula is C70H120N4O8. The van der Waals surface area contributed by atoms with Gasteiger partial charge < -0.3 is 24.0 Å². The second-order valence-electron chi connectivity index (χ2n) is 29.4. The molecule has 6 fully saturated rings. The van der Waals surface area contributed by atoms with Gasteiger partial charge in [0.15, 0.2) is 11.2 Å². The van der Waals surface area contributed by atoms with Crippen molar-refractivity contribution < 1.29 is 38.3 Å². The standard InChI is InChI=1S/C70H120N4O8/c1-11-13-15-17-33-42-50-78-73-63(3,4)54-67(55-64(73,5)6)61(76)71(69(81-67)46-38-29-25-21-19-22-26-30-39-47-69)52-59(80-60(75)58-44-36-35-37-45-58)53-72-62(77)68(82-70(72)48-40-31-27-23-20-24-28-32-41-49-70)56-65(7,8)74(66(9,10)57-68)79-51-43-34-18-16-14-12-2/h35-37,44-45,59H,11-34,38-43,46-57H2,1-10H3. The molecule has 0 N–H and O–H groups in total. The molecule has 0 atom stereocenters. The molecule has 4 heterocycles. The maximum Gasteiger partial charge on any atom is 0.338 e. The molecule has 2 amide bonds. The van der Waals surface area contributed by atoms with E-state index < -0.39 is 56.9 Å². The lowest BCUT2D eigenvalue weighted by Gasteiger charge is -2.56. The Bertz CT molecular complexity index is 1930. The largest absolute Gasteiger partial charge is 0.455 e. The number of ether oxygens (including phenoxy) is 3. The zero-order valence-corrected chi connectivity index (χ0v) is 54.2. The first-order valence-corrected chi connectivity index (χ1v) is 34.4. The van der Waals surface area contributed by atoms with Crippen molar-refractivity contribution in [2.24, 2.45) is 0 Å². The first-order valence-electron chi connectivity index (χ1n) is 34.4. The Hall–Kier alpha value is -2.61. The van der Waals surface area contributed by atoms with E-state index in [1.165, 1.54) is 89.9 Å². The summed E-state index contributed by atoms with van der Waals surface area (Å²) >= 11 is 0. The van der Waals surface area contributed by atoms with E-state index in [0.29, 0.717) is 70.1 Å². The fraction of sp³-hybridized carbons (Fsp3) is 0.871. The van der Waals surface area contributed by atoms with Crippen LogP contribution in [0.2, 0.25) is 0 Å². The van der Waals surface area contributed by atoms with Gasteiger partial charge in [0.1, 0.15) is 17.6 Å². The van der Waals surface area contributed by atoms with Crippen LogP contribution in [-0.2, 0) is 33.5 Å². The van der Waals surface area contributed by atoms with E-state index in [1.54, 1.807) is 12.1 Å². The van der Waals surface area contributed by atoms with Crippen LogP contribution in [-0.4, -0.2) is 115 Å². The topological polar surface area (TPSA) is 110 Å². The molecule has 4 saturated heterocycles. The second kappa shape index (κ2) is 30.3. The minimum absolute atomic E-state index is 0.0184. The lowest BCUT2D eigenvalue weighted by atomic mass is 9.72. The molecule has 2 aliphatic carbocycles. The first-order chi connectivity index (χ1) is 39.2. The fourth-order valence-corrected chi connectivity index (χ4v) is 16.8. The van der Waals surface area contributed by atoms with Crippen LogP contribution >= 0.6 is 0 Å². The summed E-state index contributed by atoms with van der Waals surface area (Å²) in [5, 5.41) is 4.39. The van der Waals surface area contributed by atoms with Crippen LogP contribution in [0, 0.1) is 0 Å². The Balaban J connectivity index is 1.27. The summed E-state index contributed by atoms with van der Waals surface area (Å²) in [7, 11) is 0. The molecule has 468 valence electrons. The minimum Gasteiger partial charge on any atom is -0.455 e. The number of benzene rings is 1. The Morgan fingerprint density at radius 2 is 0.756 bits per heavy atom. The van der Waals surface area contributed by atoms with Gasteiger partial charge in [0.2, 0.25) is 0 Å². The summed E-state index contributed by atoms with van der Waals surface area (Å²) in [6.07, 6.45) is 38.2. The van der Waals surface area contributed by atoms with Crippen LogP contribution in [0.1, 0.15) is 324 Å².